The number of esters is 2. The standard InChI is InChI=1S/C17H22O7/c1-7-23-17(19)10(2)15(24-11(3)18)12-8-13(20-4)16(22-6)14(9-12)21-5/h8-9,15H,2,7H2,1,3-6H3. The van der Waals surface area contributed by atoms with Crippen molar-refractivity contribution >= 4 is 11.9 Å². The third-order valence-corrected chi connectivity index (χ3v) is 3.13. The van der Waals surface area contributed by atoms with E-state index in [2.05, 4.69) is 6.58 Å². The Kier molecular flexibility index (Phi) is 7.10. The average Bonchev–Trinajstić information content (AvgIpc) is 2.57. The fourth-order valence-electron chi connectivity index (χ4n) is 2.09. The molecule has 0 aliphatic heterocycles. The Bertz CT molecular complexity index is 596. The Morgan fingerprint density at radius 3 is 2.00 bits per heavy atom. The van der Waals surface area contributed by atoms with Crippen LogP contribution in [0.2, 0.25) is 0 Å². The maximum absolute atomic E-state index is 12.0. The molecule has 24 heavy (non-hydrogen) atoms. The summed E-state index contributed by atoms with van der Waals surface area (Å²) in [4.78, 5) is 23.4. The number of carbonyl (C=O) groups excluding carboxylic acids is 2. The van der Waals surface area contributed by atoms with Gasteiger partial charge in [-0.15, -0.1) is 0 Å². The van der Waals surface area contributed by atoms with Gasteiger partial charge in [-0.05, 0) is 19.1 Å². The van der Waals surface area contributed by atoms with E-state index in [9.17, 15) is 9.59 Å². The van der Waals surface area contributed by atoms with E-state index in [-0.39, 0.29) is 12.2 Å². The van der Waals surface area contributed by atoms with Crippen LogP contribution >= 0.6 is 0 Å². The summed E-state index contributed by atoms with van der Waals surface area (Å²) in [5, 5.41) is 0. The van der Waals surface area contributed by atoms with E-state index in [0.717, 1.165) is 0 Å². The van der Waals surface area contributed by atoms with Crippen LogP contribution in [-0.2, 0) is 19.1 Å². The van der Waals surface area contributed by atoms with Crippen LogP contribution in [0.1, 0.15) is 25.5 Å². The molecule has 1 aromatic carbocycles. The smallest absolute Gasteiger partial charge is 0.337 e. The van der Waals surface area contributed by atoms with Gasteiger partial charge in [0.15, 0.2) is 17.6 Å². The summed E-state index contributed by atoms with van der Waals surface area (Å²) in [5.74, 6) is -0.120. The Hall–Kier alpha value is -2.70. The molecule has 1 atom stereocenters. The maximum atomic E-state index is 12.0. The molecule has 1 unspecified atom stereocenters. The molecule has 0 aliphatic carbocycles. The van der Waals surface area contributed by atoms with Gasteiger partial charge < -0.3 is 23.7 Å². The fourth-order valence-corrected chi connectivity index (χ4v) is 2.09. The third-order valence-electron chi connectivity index (χ3n) is 3.13. The van der Waals surface area contributed by atoms with Crippen molar-refractivity contribution in [2.45, 2.75) is 20.0 Å². The van der Waals surface area contributed by atoms with Gasteiger partial charge in [0.25, 0.3) is 0 Å². The van der Waals surface area contributed by atoms with E-state index in [4.69, 9.17) is 23.7 Å². The molecule has 0 bridgehead atoms. The van der Waals surface area contributed by atoms with Crippen LogP contribution in [0.25, 0.3) is 0 Å². The first-order valence-corrected chi connectivity index (χ1v) is 7.22. The summed E-state index contributed by atoms with van der Waals surface area (Å²) in [6.07, 6.45) is -1.03. The molecule has 1 aromatic rings. The van der Waals surface area contributed by atoms with Crippen molar-refractivity contribution in [2.24, 2.45) is 0 Å². The van der Waals surface area contributed by atoms with Crippen LogP contribution < -0.4 is 14.2 Å². The Morgan fingerprint density at radius 1 is 1.08 bits per heavy atom. The molecule has 0 aliphatic rings. The van der Waals surface area contributed by atoms with Crippen molar-refractivity contribution < 1.29 is 33.3 Å². The highest BCUT2D eigenvalue weighted by molar-refractivity contribution is 5.89. The second-order valence-electron chi connectivity index (χ2n) is 4.69. The number of methoxy groups -OCH3 is 3. The molecule has 0 saturated heterocycles. The molecule has 0 fully saturated rings. The first-order chi connectivity index (χ1) is 11.4. The first-order valence-electron chi connectivity index (χ1n) is 7.22. The van der Waals surface area contributed by atoms with Gasteiger partial charge in [-0.25, -0.2) is 4.79 Å². The van der Waals surface area contributed by atoms with Crippen LogP contribution in [0.3, 0.4) is 0 Å². The van der Waals surface area contributed by atoms with Crippen LogP contribution in [0.15, 0.2) is 24.3 Å². The van der Waals surface area contributed by atoms with Crippen molar-refractivity contribution in [3.05, 3.63) is 29.8 Å². The first kappa shape index (κ1) is 19.3. The molecule has 0 radical (unpaired) electrons. The van der Waals surface area contributed by atoms with E-state index < -0.39 is 18.0 Å². The fraction of sp³-hybridized carbons (Fsp3) is 0.412. The van der Waals surface area contributed by atoms with Crippen LogP contribution in [0, 0.1) is 0 Å². The molecule has 0 N–H and O–H groups in total. The average molecular weight is 338 g/mol. The summed E-state index contributed by atoms with van der Waals surface area (Å²) in [7, 11) is 4.39. The number of benzene rings is 1. The minimum atomic E-state index is -1.03. The molecule has 0 saturated carbocycles. The number of hydrogen-bond acceptors (Lipinski definition) is 7. The molecule has 1 rings (SSSR count). The van der Waals surface area contributed by atoms with E-state index in [1.54, 1.807) is 19.1 Å². The zero-order chi connectivity index (χ0) is 18.3. The van der Waals surface area contributed by atoms with Crippen molar-refractivity contribution in [1.82, 2.24) is 0 Å². The molecule has 132 valence electrons. The highest BCUT2D eigenvalue weighted by Gasteiger charge is 2.27. The predicted molar refractivity (Wildman–Crippen MR) is 86.4 cm³/mol. The van der Waals surface area contributed by atoms with Gasteiger partial charge >= 0.3 is 11.9 Å². The SMILES string of the molecule is C=C(C(=O)OCC)C(OC(C)=O)c1cc(OC)c(OC)c(OC)c1. The van der Waals surface area contributed by atoms with E-state index in [0.29, 0.717) is 22.8 Å². The molecule has 7 nitrogen and oxygen atoms in total. The summed E-state index contributed by atoms with van der Waals surface area (Å²) >= 11 is 0. The van der Waals surface area contributed by atoms with Gasteiger partial charge in [0.1, 0.15) is 0 Å². The maximum Gasteiger partial charge on any atom is 0.337 e. The second-order valence-corrected chi connectivity index (χ2v) is 4.69. The van der Waals surface area contributed by atoms with Gasteiger partial charge in [-0.2, -0.15) is 0 Å². The lowest BCUT2D eigenvalue weighted by molar-refractivity contribution is -0.147. The Labute approximate surface area is 141 Å². The van der Waals surface area contributed by atoms with Crippen LogP contribution in [0.4, 0.5) is 0 Å². The molecule has 0 heterocycles. The van der Waals surface area contributed by atoms with Gasteiger partial charge in [0, 0.05) is 12.5 Å². The molecule has 0 spiro atoms. The zero-order valence-corrected chi connectivity index (χ0v) is 14.5. The molecular formula is C17H22O7. The monoisotopic (exact) mass is 338 g/mol. The lowest BCUT2D eigenvalue weighted by atomic mass is 10.0. The second kappa shape index (κ2) is 8.81. The van der Waals surface area contributed by atoms with E-state index in [1.807, 2.05) is 0 Å². The topological polar surface area (TPSA) is 80.3 Å². The predicted octanol–water partition coefficient (Wildman–Crippen LogP) is 2.44. The van der Waals surface area contributed by atoms with Crippen molar-refractivity contribution in [2.75, 3.05) is 27.9 Å². The molecular weight excluding hydrogens is 316 g/mol. The van der Waals surface area contributed by atoms with E-state index >= 15 is 0 Å². The summed E-state index contributed by atoms with van der Waals surface area (Å²) in [6, 6.07) is 3.17. The minimum absolute atomic E-state index is 0.0127. The molecule has 0 amide bonds. The third kappa shape index (κ3) is 4.41. The number of ether oxygens (including phenoxy) is 5. The Morgan fingerprint density at radius 2 is 1.62 bits per heavy atom. The zero-order valence-electron chi connectivity index (χ0n) is 14.5. The van der Waals surface area contributed by atoms with Crippen LogP contribution in [0.5, 0.6) is 17.2 Å². The quantitative estimate of drug-likeness (QED) is 0.532. The van der Waals surface area contributed by atoms with Crippen molar-refractivity contribution in [3.8, 4) is 17.2 Å². The van der Waals surface area contributed by atoms with Gasteiger partial charge in [0.05, 0.1) is 33.5 Å². The number of hydrogen-bond donors (Lipinski definition) is 0. The van der Waals surface area contributed by atoms with Crippen molar-refractivity contribution in [3.63, 3.8) is 0 Å². The lowest BCUT2D eigenvalue weighted by Gasteiger charge is -2.21. The van der Waals surface area contributed by atoms with Crippen molar-refractivity contribution in [1.29, 1.82) is 0 Å². The van der Waals surface area contributed by atoms with Crippen LogP contribution in [-0.4, -0.2) is 39.9 Å². The summed E-state index contributed by atoms with van der Waals surface area (Å²) in [6.45, 7) is 6.78. The molecule has 0 aromatic heterocycles. The lowest BCUT2D eigenvalue weighted by Crippen LogP contribution is -2.18. The van der Waals surface area contributed by atoms with Gasteiger partial charge in [0.2, 0.25) is 5.75 Å². The summed E-state index contributed by atoms with van der Waals surface area (Å²) in [5.41, 5.74) is 0.430. The minimum Gasteiger partial charge on any atom is -0.493 e. The largest absolute Gasteiger partial charge is 0.493 e. The van der Waals surface area contributed by atoms with Gasteiger partial charge in [-0.1, -0.05) is 6.58 Å². The highest BCUT2D eigenvalue weighted by Crippen LogP contribution is 2.41. The highest BCUT2D eigenvalue weighted by atomic mass is 16.6. The van der Waals surface area contributed by atoms with Gasteiger partial charge in [-0.3, -0.25) is 4.79 Å². The summed E-state index contributed by atoms with van der Waals surface area (Å²) < 4.78 is 26.0. The number of carbonyl (C=O) groups is 2. The Balaban J connectivity index is 3.39. The normalized spacial score (nSPS) is 11.2. The molecule has 7 heteroatoms. The number of rotatable bonds is 8. The van der Waals surface area contributed by atoms with E-state index in [1.165, 1.54) is 28.3 Å².